The van der Waals surface area contributed by atoms with Gasteiger partial charge >= 0.3 is 0 Å². The summed E-state index contributed by atoms with van der Waals surface area (Å²) in [6, 6.07) is 17.1. The first-order chi connectivity index (χ1) is 13.0. The van der Waals surface area contributed by atoms with Crippen molar-refractivity contribution in [3.8, 4) is 0 Å². The van der Waals surface area contributed by atoms with Crippen LogP contribution >= 0.6 is 23.1 Å². The highest BCUT2D eigenvalue weighted by Gasteiger charge is 2.10. The van der Waals surface area contributed by atoms with Crippen LogP contribution in [0.15, 0.2) is 64.9 Å². The summed E-state index contributed by atoms with van der Waals surface area (Å²) < 4.78 is 0. The number of thiophene rings is 1. The zero-order valence-electron chi connectivity index (χ0n) is 15.1. The van der Waals surface area contributed by atoms with Crippen molar-refractivity contribution in [2.75, 3.05) is 16.4 Å². The second kappa shape index (κ2) is 8.88. The molecule has 2 aromatic carbocycles. The number of rotatable bonds is 6. The summed E-state index contributed by atoms with van der Waals surface area (Å²) in [7, 11) is 0. The van der Waals surface area contributed by atoms with E-state index in [1.165, 1.54) is 23.1 Å². The van der Waals surface area contributed by atoms with Crippen molar-refractivity contribution >= 4 is 46.3 Å². The minimum Gasteiger partial charge on any atom is -0.325 e. The van der Waals surface area contributed by atoms with Crippen molar-refractivity contribution in [3.63, 3.8) is 0 Å². The fourth-order valence-electron chi connectivity index (χ4n) is 2.60. The van der Waals surface area contributed by atoms with Crippen LogP contribution in [0.3, 0.4) is 0 Å². The number of carbonyl (C=O) groups is 2. The fourth-order valence-corrected chi connectivity index (χ4v) is 3.97. The number of nitrogens with one attached hydrogen (secondary N) is 2. The molecule has 0 spiro atoms. The Morgan fingerprint density at radius 1 is 0.963 bits per heavy atom. The number of aryl methyl sites for hydroxylation is 2. The van der Waals surface area contributed by atoms with Crippen molar-refractivity contribution in [2.24, 2.45) is 0 Å². The number of benzene rings is 2. The Morgan fingerprint density at radius 2 is 1.70 bits per heavy atom. The van der Waals surface area contributed by atoms with Gasteiger partial charge in [0, 0.05) is 16.3 Å². The lowest BCUT2D eigenvalue weighted by atomic mass is 10.1. The molecule has 0 unspecified atom stereocenters. The van der Waals surface area contributed by atoms with E-state index in [4.69, 9.17) is 0 Å². The van der Waals surface area contributed by atoms with Gasteiger partial charge in [0.25, 0.3) is 5.91 Å². The van der Waals surface area contributed by atoms with Crippen molar-refractivity contribution in [2.45, 2.75) is 18.7 Å². The average molecular weight is 397 g/mol. The van der Waals surface area contributed by atoms with Gasteiger partial charge in [0.05, 0.1) is 10.6 Å². The number of hydrogen-bond donors (Lipinski definition) is 2. The van der Waals surface area contributed by atoms with Gasteiger partial charge in [-0.25, -0.2) is 0 Å². The molecular formula is C21H20N2O2S2. The molecule has 1 aromatic heterocycles. The summed E-state index contributed by atoms with van der Waals surface area (Å²) in [5, 5.41) is 7.74. The summed E-state index contributed by atoms with van der Waals surface area (Å²) in [5.74, 6) is 0.126. The summed E-state index contributed by atoms with van der Waals surface area (Å²) >= 11 is 2.84. The first-order valence-corrected chi connectivity index (χ1v) is 10.3. The van der Waals surface area contributed by atoms with Gasteiger partial charge in [0.2, 0.25) is 5.91 Å². The molecule has 3 aromatic rings. The highest BCUT2D eigenvalue weighted by Crippen LogP contribution is 2.24. The maximum Gasteiger partial charge on any atom is 0.265 e. The van der Waals surface area contributed by atoms with E-state index < -0.39 is 0 Å². The largest absolute Gasteiger partial charge is 0.325 e. The van der Waals surface area contributed by atoms with Crippen LogP contribution in [-0.4, -0.2) is 17.6 Å². The third-order valence-electron chi connectivity index (χ3n) is 3.95. The van der Waals surface area contributed by atoms with Crippen molar-refractivity contribution < 1.29 is 9.59 Å². The smallest absolute Gasteiger partial charge is 0.265 e. The Hall–Kier alpha value is -2.57. The molecular weight excluding hydrogens is 376 g/mol. The number of amides is 2. The quantitative estimate of drug-likeness (QED) is 0.552. The minimum atomic E-state index is -0.125. The predicted octanol–water partition coefficient (Wildman–Crippen LogP) is 5.35. The summed E-state index contributed by atoms with van der Waals surface area (Å²) in [6.07, 6.45) is 0. The number of carbonyl (C=O) groups excluding carboxylic acids is 2. The topological polar surface area (TPSA) is 58.2 Å². The molecule has 2 amide bonds. The standard InChI is InChI=1S/C21H20N2O2S2/c1-14-6-3-7-15(2)20(14)23-19(24)13-27-17-9-4-8-16(12-17)22-21(25)18-10-5-11-26-18/h3-12H,13H2,1-2H3,(H,22,25)(H,23,24). The zero-order chi connectivity index (χ0) is 19.2. The summed E-state index contributed by atoms with van der Waals surface area (Å²) in [5.41, 5.74) is 3.69. The first kappa shape index (κ1) is 19.2. The van der Waals surface area contributed by atoms with E-state index >= 15 is 0 Å². The van der Waals surface area contributed by atoms with Crippen LogP contribution in [0.1, 0.15) is 20.8 Å². The van der Waals surface area contributed by atoms with Gasteiger partial charge in [-0.3, -0.25) is 9.59 Å². The lowest BCUT2D eigenvalue weighted by molar-refractivity contribution is -0.113. The molecule has 1 heterocycles. The minimum absolute atomic E-state index is 0.0505. The highest BCUT2D eigenvalue weighted by molar-refractivity contribution is 8.00. The van der Waals surface area contributed by atoms with E-state index in [9.17, 15) is 9.59 Å². The van der Waals surface area contributed by atoms with E-state index in [1.807, 2.05) is 67.8 Å². The van der Waals surface area contributed by atoms with Gasteiger partial charge in [-0.05, 0) is 54.6 Å². The van der Waals surface area contributed by atoms with E-state index in [0.717, 1.165) is 21.7 Å². The zero-order valence-corrected chi connectivity index (χ0v) is 16.7. The van der Waals surface area contributed by atoms with Crippen LogP contribution in [0.2, 0.25) is 0 Å². The normalized spacial score (nSPS) is 10.4. The van der Waals surface area contributed by atoms with Crippen molar-refractivity contribution in [1.82, 2.24) is 0 Å². The fraction of sp³-hybridized carbons (Fsp3) is 0.143. The molecule has 27 heavy (non-hydrogen) atoms. The molecule has 138 valence electrons. The van der Waals surface area contributed by atoms with E-state index in [0.29, 0.717) is 16.3 Å². The molecule has 0 saturated carbocycles. The first-order valence-electron chi connectivity index (χ1n) is 8.47. The van der Waals surface area contributed by atoms with Gasteiger partial charge in [0.1, 0.15) is 0 Å². The maximum atomic E-state index is 12.3. The Balaban J connectivity index is 1.58. The Bertz CT molecular complexity index is 932. The van der Waals surface area contributed by atoms with Crippen LogP contribution < -0.4 is 10.6 Å². The molecule has 0 aliphatic carbocycles. The van der Waals surface area contributed by atoms with E-state index in [1.54, 1.807) is 6.07 Å². The van der Waals surface area contributed by atoms with Crippen molar-refractivity contribution in [3.05, 3.63) is 76.0 Å². The molecule has 0 radical (unpaired) electrons. The Labute approximate surface area is 167 Å². The summed E-state index contributed by atoms with van der Waals surface area (Å²) in [6.45, 7) is 3.96. The van der Waals surface area contributed by atoms with E-state index in [2.05, 4.69) is 10.6 Å². The number of thioether (sulfide) groups is 1. The van der Waals surface area contributed by atoms with Gasteiger partial charge in [-0.1, -0.05) is 30.3 Å². The Morgan fingerprint density at radius 3 is 2.41 bits per heavy atom. The third-order valence-corrected chi connectivity index (χ3v) is 5.81. The molecule has 0 bridgehead atoms. The van der Waals surface area contributed by atoms with Crippen LogP contribution in [-0.2, 0) is 4.79 Å². The molecule has 0 atom stereocenters. The monoisotopic (exact) mass is 396 g/mol. The lowest BCUT2D eigenvalue weighted by Gasteiger charge is -2.11. The van der Waals surface area contributed by atoms with Crippen molar-refractivity contribution in [1.29, 1.82) is 0 Å². The molecule has 0 saturated heterocycles. The van der Waals surface area contributed by atoms with Gasteiger partial charge in [0.15, 0.2) is 0 Å². The molecule has 0 aliphatic rings. The Kier molecular flexibility index (Phi) is 6.32. The molecule has 3 rings (SSSR count). The van der Waals surface area contributed by atoms with Gasteiger partial charge in [-0.15, -0.1) is 23.1 Å². The lowest BCUT2D eigenvalue weighted by Crippen LogP contribution is -2.15. The summed E-state index contributed by atoms with van der Waals surface area (Å²) in [4.78, 5) is 26.1. The molecule has 6 heteroatoms. The molecule has 0 aliphatic heterocycles. The van der Waals surface area contributed by atoms with Gasteiger partial charge < -0.3 is 10.6 Å². The van der Waals surface area contributed by atoms with E-state index in [-0.39, 0.29) is 11.8 Å². The predicted molar refractivity (Wildman–Crippen MR) is 114 cm³/mol. The van der Waals surface area contributed by atoms with Crippen LogP contribution in [0.4, 0.5) is 11.4 Å². The second-order valence-corrected chi connectivity index (χ2v) is 8.06. The number of para-hydroxylation sites is 1. The number of hydrogen-bond acceptors (Lipinski definition) is 4. The molecule has 0 fully saturated rings. The average Bonchev–Trinajstić information content (AvgIpc) is 3.18. The third kappa shape index (κ3) is 5.21. The van der Waals surface area contributed by atoms with Crippen LogP contribution in [0, 0.1) is 13.8 Å². The number of anilines is 2. The van der Waals surface area contributed by atoms with Crippen LogP contribution in [0.25, 0.3) is 0 Å². The maximum absolute atomic E-state index is 12.3. The molecule has 2 N–H and O–H groups in total. The van der Waals surface area contributed by atoms with Gasteiger partial charge in [-0.2, -0.15) is 0 Å². The molecule has 4 nitrogen and oxygen atoms in total. The highest BCUT2D eigenvalue weighted by atomic mass is 32.2. The SMILES string of the molecule is Cc1cccc(C)c1NC(=O)CSc1cccc(NC(=O)c2cccs2)c1. The second-order valence-electron chi connectivity index (χ2n) is 6.06. The van der Waals surface area contributed by atoms with Crippen LogP contribution in [0.5, 0.6) is 0 Å².